The number of hydrogen-bond donors (Lipinski definition) is 1. The van der Waals surface area contributed by atoms with Gasteiger partial charge in [0.25, 0.3) is 0 Å². The molecule has 2 N–H and O–H groups in total. The molecule has 80 valence electrons. The van der Waals surface area contributed by atoms with Gasteiger partial charge in [0.2, 0.25) is 0 Å². The molecular formula is C11H9FN4. The lowest BCUT2D eigenvalue weighted by Gasteiger charge is -2.08. The number of aromatic nitrogens is 2. The van der Waals surface area contributed by atoms with Gasteiger partial charge in [-0.15, -0.1) is 0 Å². The van der Waals surface area contributed by atoms with Gasteiger partial charge in [-0.25, -0.2) is 9.37 Å². The van der Waals surface area contributed by atoms with E-state index in [2.05, 4.69) is 4.98 Å². The van der Waals surface area contributed by atoms with Crippen LogP contribution in [-0.4, -0.2) is 9.55 Å². The van der Waals surface area contributed by atoms with Crippen LogP contribution in [0.5, 0.6) is 0 Å². The molecule has 4 nitrogen and oxygen atoms in total. The summed E-state index contributed by atoms with van der Waals surface area (Å²) in [4.78, 5) is 3.93. The molecule has 0 spiro atoms. The summed E-state index contributed by atoms with van der Waals surface area (Å²) in [6, 6.07) is 6.29. The van der Waals surface area contributed by atoms with Gasteiger partial charge in [0.1, 0.15) is 17.4 Å². The molecule has 0 aliphatic rings. The summed E-state index contributed by atoms with van der Waals surface area (Å²) in [5, 5.41) is 8.91. The van der Waals surface area contributed by atoms with E-state index in [9.17, 15) is 4.39 Å². The van der Waals surface area contributed by atoms with Crippen LogP contribution < -0.4 is 5.73 Å². The SMILES string of the molecule is N#Cc1c(F)cccc1-n1cncc1CN. The Morgan fingerprint density at radius 2 is 2.31 bits per heavy atom. The largest absolute Gasteiger partial charge is 0.325 e. The molecule has 0 atom stereocenters. The fourth-order valence-electron chi connectivity index (χ4n) is 1.51. The van der Waals surface area contributed by atoms with Crippen molar-refractivity contribution in [2.45, 2.75) is 6.54 Å². The molecule has 1 heterocycles. The van der Waals surface area contributed by atoms with Gasteiger partial charge in [-0.05, 0) is 12.1 Å². The average Bonchev–Trinajstić information content (AvgIpc) is 2.76. The highest BCUT2D eigenvalue weighted by Gasteiger charge is 2.11. The third kappa shape index (κ3) is 1.55. The first-order valence-electron chi connectivity index (χ1n) is 4.68. The standard InChI is InChI=1S/C11H9FN4/c12-10-2-1-3-11(9(10)5-14)16-7-15-6-8(16)4-13/h1-3,6-7H,4,13H2. The Balaban J connectivity index is 2.66. The number of hydrogen-bond acceptors (Lipinski definition) is 3. The zero-order valence-electron chi connectivity index (χ0n) is 8.39. The maximum absolute atomic E-state index is 13.4. The van der Waals surface area contributed by atoms with Crippen molar-refractivity contribution < 1.29 is 4.39 Å². The van der Waals surface area contributed by atoms with Crippen molar-refractivity contribution in [3.05, 3.63) is 47.8 Å². The molecule has 0 saturated carbocycles. The molecule has 1 aromatic heterocycles. The number of imidazole rings is 1. The summed E-state index contributed by atoms with van der Waals surface area (Å²) >= 11 is 0. The maximum atomic E-state index is 13.4. The van der Waals surface area contributed by atoms with E-state index >= 15 is 0 Å². The van der Waals surface area contributed by atoms with Gasteiger partial charge in [0.15, 0.2) is 0 Å². The predicted octanol–water partition coefficient (Wildman–Crippen LogP) is 1.34. The fraction of sp³-hybridized carbons (Fsp3) is 0.0909. The quantitative estimate of drug-likeness (QED) is 0.823. The molecule has 0 saturated heterocycles. The van der Waals surface area contributed by atoms with E-state index in [-0.39, 0.29) is 12.1 Å². The van der Waals surface area contributed by atoms with Gasteiger partial charge in [-0.2, -0.15) is 5.26 Å². The molecule has 0 aliphatic carbocycles. The first-order chi connectivity index (χ1) is 7.77. The summed E-state index contributed by atoms with van der Waals surface area (Å²) < 4.78 is 15.0. The Morgan fingerprint density at radius 1 is 1.50 bits per heavy atom. The third-order valence-electron chi connectivity index (χ3n) is 2.29. The number of halogens is 1. The van der Waals surface area contributed by atoms with Crippen molar-refractivity contribution in [1.29, 1.82) is 5.26 Å². The van der Waals surface area contributed by atoms with Crippen molar-refractivity contribution in [3.8, 4) is 11.8 Å². The fourth-order valence-corrected chi connectivity index (χ4v) is 1.51. The third-order valence-corrected chi connectivity index (χ3v) is 2.29. The Kier molecular flexibility index (Phi) is 2.66. The second-order valence-corrected chi connectivity index (χ2v) is 3.20. The van der Waals surface area contributed by atoms with Crippen LogP contribution in [0.15, 0.2) is 30.7 Å². The molecule has 0 amide bonds. The number of benzene rings is 1. The second kappa shape index (κ2) is 4.13. The second-order valence-electron chi connectivity index (χ2n) is 3.20. The van der Waals surface area contributed by atoms with Crippen LogP contribution in [-0.2, 0) is 6.54 Å². The molecule has 16 heavy (non-hydrogen) atoms. The predicted molar refractivity (Wildman–Crippen MR) is 56.1 cm³/mol. The van der Waals surface area contributed by atoms with E-state index in [1.165, 1.54) is 12.4 Å². The first kappa shape index (κ1) is 10.3. The van der Waals surface area contributed by atoms with E-state index in [1.54, 1.807) is 22.9 Å². The van der Waals surface area contributed by atoms with Crippen molar-refractivity contribution in [2.24, 2.45) is 5.73 Å². The Morgan fingerprint density at radius 3 is 3.00 bits per heavy atom. The van der Waals surface area contributed by atoms with Crippen molar-refractivity contribution in [2.75, 3.05) is 0 Å². The van der Waals surface area contributed by atoms with Crippen molar-refractivity contribution in [3.63, 3.8) is 0 Å². The highest BCUT2D eigenvalue weighted by Crippen LogP contribution is 2.18. The maximum Gasteiger partial charge on any atom is 0.143 e. The van der Waals surface area contributed by atoms with Gasteiger partial charge >= 0.3 is 0 Å². The van der Waals surface area contributed by atoms with Crippen LogP contribution in [0.25, 0.3) is 5.69 Å². The minimum absolute atomic E-state index is 0.00444. The van der Waals surface area contributed by atoms with Crippen LogP contribution in [0, 0.1) is 17.1 Å². The number of nitriles is 1. The van der Waals surface area contributed by atoms with E-state index < -0.39 is 5.82 Å². The molecule has 2 rings (SSSR count). The van der Waals surface area contributed by atoms with Crippen molar-refractivity contribution in [1.82, 2.24) is 9.55 Å². The Labute approximate surface area is 91.8 Å². The number of rotatable bonds is 2. The van der Waals surface area contributed by atoms with Gasteiger partial charge < -0.3 is 10.3 Å². The molecule has 0 radical (unpaired) electrons. The molecule has 2 aromatic rings. The summed E-state index contributed by atoms with van der Waals surface area (Å²) in [6.45, 7) is 0.279. The summed E-state index contributed by atoms with van der Waals surface area (Å²) in [7, 11) is 0. The topological polar surface area (TPSA) is 67.6 Å². The normalized spacial score (nSPS) is 10.1. The minimum atomic E-state index is -0.545. The average molecular weight is 216 g/mol. The van der Waals surface area contributed by atoms with Gasteiger partial charge in [-0.3, -0.25) is 0 Å². The zero-order chi connectivity index (χ0) is 11.5. The van der Waals surface area contributed by atoms with Crippen LogP contribution in [0.1, 0.15) is 11.3 Å². The Hall–Kier alpha value is -2.19. The smallest absolute Gasteiger partial charge is 0.143 e. The Bertz CT molecular complexity index is 553. The highest BCUT2D eigenvalue weighted by atomic mass is 19.1. The van der Waals surface area contributed by atoms with E-state index in [0.29, 0.717) is 5.69 Å². The van der Waals surface area contributed by atoms with E-state index in [1.807, 2.05) is 6.07 Å². The lowest BCUT2D eigenvalue weighted by Crippen LogP contribution is -2.06. The van der Waals surface area contributed by atoms with Gasteiger partial charge in [0.05, 0.1) is 17.7 Å². The molecule has 1 aromatic carbocycles. The number of nitrogens with zero attached hydrogens (tertiary/aromatic N) is 3. The van der Waals surface area contributed by atoms with Crippen LogP contribution in [0.3, 0.4) is 0 Å². The summed E-state index contributed by atoms with van der Waals surface area (Å²) in [5.41, 5.74) is 6.70. The lowest BCUT2D eigenvalue weighted by molar-refractivity contribution is 0.622. The molecule has 0 bridgehead atoms. The monoisotopic (exact) mass is 216 g/mol. The highest BCUT2D eigenvalue weighted by molar-refractivity contribution is 5.50. The summed E-state index contributed by atoms with van der Waals surface area (Å²) in [5.74, 6) is -0.545. The lowest BCUT2D eigenvalue weighted by atomic mass is 10.2. The van der Waals surface area contributed by atoms with E-state index in [0.717, 1.165) is 5.69 Å². The van der Waals surface area contributed by atoms with Gasteiger partial charge in [0, 0.05) is 12.7 Å². The molecule has 0 fully saturated rings. The van der Waals surface area contributed by atoms with Crippen LogP contribution in [0.4, 0.5) is 4.39 Å². The van der Waals surface area contributed by atoms with Crippen LogP contribution in [0.2, 0.25) is 0 Å². The molecular weight excluding hydrogens is 207 g/mol. The molecule has 0 unspecified atom stereocenters. The van der Waals surface area contributed by atoms with E-state index in [4.69, 9.17) is 11.0 Å². The van der Waals surface area contributed by atoms with Crippen molar-refractivity contribution >= 4 is 0 Å². The van der Waals surface area contributed by atoms with Crippen LogP contribution >= 0.6 is 0 Å². The zero-order valence-corrected chi connectivity index (χ0v) is 8.39. The molecule has 0 aliphatic heterocycles. The molecule has 5 heteroatoms. The number of nitrogens with two attached hydrogens (primary N) is 1. The first-order valence-corrected chi connectivity index (χ1v) is 4.68. The van der Waals surface area contributed by atoms with Gasteiger partial charge in [-0.1, -0.05) is 6.07 Å². The minimum Gasteiger partial charge on any atom is -0.325 e. The summed E-state index contributed by atoms with van der Waals surface area (Å²) in [6.07, 6.45) is 3.10.